The Balaban J connectivity index is 1.56. The molecular weight excluding hydrogens is 831 g/mol. The summed E-state index contributed by atoms with van der Waals surface area (Å²) in [7, 11) is 1.41. The molecule has 1 unspecified atom stereocenters. The molecule has 3 fully saturated rings. The highest BCUT2D eigenvalue weighted by Gasteiger charge is 2.78. The second-order valence-corrected chi connectivity index (χ2v) is 18.9. The van der Waals surface area contributed by atoms with Crippen molar-refractivity contribution >= 4 is 35.8 Å². The van der Waals surface area contributed by atoms with Crippen LogP contribution in [0.4, 0.5) is 4.79 Å². The van der Waals surface area contributed by atoms with Gasteiger partial charge < -0.3 is 48.7 Å². The van der Waals surface area contributed by atoms with Gasteiger partial charge in [0.05, 0.1) is 42.1 Å². The Hall–Kier alpha value is -5.16. The van der Waals surface area contributed by atoms with E-state index in [2.05, 4.69) is 5.32 Å². The number of carbonyl (C=O) groups excluding carboxylic acids is 6. The first-order valence-electron chi connectivity index (χ1n) is 21.6. The number of benzene rings is 2. The van der Waals surface area contributed by atoms with Gasteiger partial charge in [0.15, 0.2) is 11.4 Å². The Morgan fingerprint density at radius 2 is 1.59 bits per heavy atom. The zero-order valence-corrected chi connectivity index (χ0v) is 38.1. The smallest absolute Gasteiger partial charge is 0.408 e. The largest absolute Gasteiger partial charge is 0.455 e. The van der Waals surface area contributed by atoms with Crippen LogP contribution in [0.5, 0.6) is 0 Å². The molecule has 4 aliphatic rings. The second-order valence-electron chi connectivity index (χ2n) is 18.9. The Kier molecular flexibility index (Phi) is 13.6. The Morgan fingerprint density at radius 3 is 2.12 bits per heavy atom. The zero-order chi connectivity index (χ0) is 47.2. The van der Waals surface area contributed by atoms with Crippen LogP contribution in [0.15, 0.2) is 71.8 Å². The van der Waals surface area contributed by atoms with E-state index in [1.54, 1.807) is 97.0 Å². The van der Waals surface area contributed by atoms with Crippen LogP contribution in [0.2, 0.25) is 0 Å². The van der Waals surface area contributed by atoms with Crippen molar-refractivity contribution in [3.05, 3.63) is 82.9 Å². The van der Waals surface area contributed by atoms with E-state index in [4.69, 9.17) is 33.2 Å². The van der Waals surface area contributed by atoms with Gasteiger partial charge in [-0.3, -0.25) is 14.4 Å². The van der Waals surface area contributed by atoms with E-state index in [0.29, 0.717) is 11.1 Å². The van der Waals surface area contributed by atoms with E-state index >= 15 is 4.79 Å². The third-order valence-corrected chi connectivity index (χ3v) is 13.7. The summed E-state index contributed by atoms with van der Waals surface area (Å²) in [6.07, 6.45) is -8.23. The van der Waals surface area contributed by atoms with E-state index in [0.717, 1.165) is 0 Å². The molecule has 11 atom stereocenters. The van der Waals surface area contributed by atoms with Gasteiger partial charge in [-0.15, -0.1) is 0 Å². The fourth-order valence-corrected chi connectivity index (χ4v) is 10.6. The van der Waals surface area contributed by atoms with Gasteiger partial charge >= 0.3 is 30.0 Å². The number of esters is 4. The zero-order valence-electron chi connectivity index (χ0n) is 38.1. The summed E-state index contributed by atoms with van der Waals surface area (Å²) in [4.78, 5) is 84.4. The number of fused-ring (bicyclic) bond motifs is 5. The van der Waals surface area contributed by atoms with Crippen LogP contribution >= 0.6 is 0 Å². The Labute approximate surface area is 373 Å². The van der Waals surface area contributed by atoms with E-state index in [1.165, 1.54) is 33.1 Å². The molecule has 6 rings (SSSR count). The SMILES string of the molecule is CCC(=O)O[C@@H](C(=O)O[C@H]1C[C@@]2(O)[C@@H](OC(=O)c3ccccc3)[C@@H]3[C@]4(OC(C)=O)CO[C@@H]4CC(OC)[C@@]3(C)C(=O)[C@H](CO)C(=C1C)C2(C)C)[C@@H](NC(=O)OC(C)(C)C)c1ccccc1. The lowest BCUT2D eigenvalue weighted by Crippen LogP contribution is -2.81. The summed E-state index contributed by atoms with van der Waals surface area (Å²) in [5, 5.41) is 27.9. The number of carbonyl (C=O) groups is 6. The number of ether oxygens (including phenoxy) is 7. The molecule has 3 aliphatic carbocycles. The van der Waals surface area contributed by atoms with Gasteiger partial charge in [-0.1, -0.05) is 69.3 Å². The van der Waals surface area contributed by atoms with Gasteiger partial charge in [-0.2, -0.15) is 0 Å². The van der Waals surface area contributed by atoms with Crippen molar-refractivity contribution in [1.29, 1.82) is 0 Å². The summed E-state index contributed by atoms with van der Waals surface area (Å²) in [5.74, 6) is -6.79. The highest BCUT2D eigenvalue weighted by atomic mass is 16.6. The van der Waals surface area contributed by atoms with Gasteiger partial charge in [0, 0.05) is 38.7 Å². The first-order chi connectivity index (χ1) is 30.0. The molecule has 0 spiro atoms. The van der Waals surface area contributed by atoms with Crippen LogP contribution in [0.25, 0.3) is 0 Å². The van der Waals surface area contributed by atoms with E-state index in [1.807, 2.05) is 0 Å². The lowest BCUT2D eigenvalue weighted by Gasteiger charge is -2.68. The van der Waals surface area contributed by atoms with Crippen molar-refractivity contribution < 1.29 is 72.1 Å². The molecule has 3 N–H and O–H groups in total. The van der Waals surface area contributed by atoms with Crippen LogP contribution in [0.1, 0.15) is 104 Å². The third-order valence-electron chi connectivity index (χ3n) is 13.7. The summed E-state index contributed by atoms with van der Waals surface area (Å²) in [6, 6.07) is 15.0. The lowest BCUT2D eigenvalue weighted by molar-refractivity contribution is -0.347. The van der Waals surface area contributed by atoms with Crippen LogP contribution in [0, 0.1) is 22.7 Å². The number of ketones is 1. The monoisotopic (exact) mass is 891 g/mol. The molecule has 1 heterocycles. The highest BCUT2D eigenvalue weighted by Crippen LogP contribution is 2.65. The lowest BCUT2D eigenvalue weighted by atomic mass is 9.43. The maximum Gasteiger partial charge on any atom is 0.408 e. The number of Topliss-reactive ketones (excluding diaryl/α,β-unsaturated/α-hetero) is 1. The maximum atomic E-state index is 15.6. The number of rotatable bonds is 12. The number of aliphatic hydroxyl groups is 2. The minimum Gasteiger partial charge on any atom is -0.455 e. The molecular formula is C48H61NO15. The molecule has 2 saturated carbocycles. The fraction of sp³-hybridized carbons (Fsp3) is 0.583. The molecule has 348 valence electrons. The van der Waals surface area contributed by atoms with Crippen molar-refractivity contribution in [1.82, 2.24) is 5.32 Å². The third kappa shape index (κ3) is 8.45. The first-order valence-corrected chi connectivity index (χ1v) is 21.6. The van der Waals surface area contributed by atoms with Crippen LogP contribution in [-0.2, 0) is 52.3 Å². The maximum absolute atomic E-state index is 15.6. The predicted octanol–water partition coefficient (Wildman–Crippen LogP) is 5.12. The number of alkyl carbamates (subject to hydrolysis) is 1. The van der Waals surface area contributed by atoms with E-state index in [9.17, 15) is 34.2 Å². The minimum atomic E-state index is -2.29. The number of amides is 1. The fourth-order valence-electron chi connectivity index (χ4n) is 10.6. The van der Waals surface area contributed by atoms with E-state index in [-0.39, 0.29) is 30.6 Å². The standard InChI is InChI=1S/C48H61NO15/c1-11-34(52)61-37(36(28-18-14-12-15-19-28)49-43(56)64-44(4,5)6)42(55)60-31-23-48(57)40(62-41(54)29-20-16-13-17-21-29)38-46(9,39(53)30(24-50)35(26(31)2)45(48,7)8)32(58-10)22-33-47(38,25-59-33)63-27(3)51/h12-21,30-33,36-38,40,50,57H,11,22-25H2,1-10H3,(H,49,56)/t30-,31+,32?,33-,36+,37-,38+,40+,46-,47+,48-/m1/s1. The molecule has 2 aromatic carbocycles. The number of nitrogens with one attached hydrogen (secondary N) is 1. The molecule has 1 saturated heterocycles. The van der Waals surface area contributed by atoms with Gasteiger partial charge in [0.2, 0.25) is 6.10 Å². The quantitative estimate of drug-likeness (QED) is 0.143. The number of methoxy groups -OCH3 is 1. The molecule has 16 nitrogen and oxygen atoms in total. The number of aliphatic hydroxyl groups excluding tert-OH is 1. The van der Waals surface area contributed by atoms with Crippen molar-refractivity contribution in [2.45, 2.75) is 135 Å². The Morgan fingerprint density at radius 1 is 0.969 bits per heavy atom. The van der Waals surface area contributed by atoms with E-state index < -0.39 is 125 Å². The van der Waals surface area contributed by atoms with Crippen LogP contribution < -0.4 is 5.32 Å². The van der Waals surface area contributed by atoms with Crippen LogP contribution in [0.3, 0.4) is 0 Å². The molecule has 0 aromatic heterocycles. The first kappa shape index (κ1) is 48.3. The average Bonchev–Trinajstić information content (AvgIpc) is 3.23. The van der Waals surface area contributed by atoms with Crippen LogP contribution in [-0.4, -0.2) is 114 Å². The summed E-state index contributed by atoms with van der Waals surface area (Å²) in [6.45, 7) is 13.3. The average molecular weight is 892 g/mol. The normalized spacial score (nSPS) is 31.5. The molecule has 1 aliphatic heterocycles. The van der Waals surface area contributed by atoms with Gasteiger partial charge in [-0.05, 0) is 63.5 Å². The molecule has 2 aromatic rings. The minimum absolute atomic E-state index is 0.0812. The van der Waals surface area contributed by atoms with Crippen molar-refractivity contribution in [3.8, 4) is 0 Å². The summed E-state index contributed by atoms with van der Waals surface area (Å²) >= 11 is 0. The highest BCUT2D eigenvalue weighted by molar-refractivity contribution is 5.93. The topological polar surface area (TPSA) is 220 Å². The molecule has 2 bridgehead atoms. The molecule has 0 radical (unpaired) electrons. The summed E-state index contributed by atoms with van der Waals surface area (Å²) < 4.78 is 42.4. The summed E-state index contributed by atoms with van der Waals surface area (Å²) in [5.41, 5.74) is -7.14. The van der Waals surface area contributed by atoms with Gasteiger partial charge in [0.25, 0.3) is 0 Å². The molecule has 16 heteroatoms. The second kappa shape index (κ2) is 18.0. The van der Waals surface area contributed by atoms with Gasteiger partial charge in [-0.25, -0.2) is 14.4 Å². The number of hydrogen-bond donors (Lipinski definition) is 3. The predicted molar refractivity (Wildman–Crippen MR) is 227 cm³/mol. The Bertz CT molecular complexity index is 2150. The number of hydrogen-bond acceptors (Lipinski definition) is 15. The van der Waals surface area contributed by atoms with Crippen molar-refractivity contribution in [2.24, 2.45) is 22.7 Å². The van der Waals surface area contributed by atoms with Crippen molar-refractivity contribution in [2.75, 3.05) is 20.3 Å². The van der Waals surface area contributed by atoms with Crippen molar-refractivity contribution in [3.63, 3.8) is 0 Å². The molecule has 1 amide bonds. The van der Waals surface area contributed by atoms with Gasteiger partial charge in [0.1, 0.15) is 35.6 Å². The molecule has 64 heavy (non-hydrogen) atoms.